The van der Waals surface area contributed by atoms with Gasteiger partial charge in [-0.1, -0.05) is 29.8 Å². The molecule has 1 aliphatic heterocycles. The van der Waals surface area contributed by atoms with E-state index >= 15 is 0 Å². The molecule has 0 saturated carbocycles. The third kappa shape index (κ3) is 3.80. The molecule has 1 fully saturated rings. The lowest BCUT2D eigenvalue weighted by molar-refractivity contribution is 0.487. The summed E-state index contributed by atoms with van der Waals surface area (Å²) in [6.45, 7) is 8.27. The molecule has 1 aliphatic rings. The minimum Gasteiger partial charge on any atom is -0.356 e. The van der Waals surface area contributed by atoms with Gasteiger partial charge in [0.25, 0.3) is 0 Å². The topological polar surface area (TPSA) is 73.5 Å². The van der Waals surface area contributed by atoms with Gasteiger partial charge >= 0.3 is 0 Å². The van der Waals surface area contributed by atoms with Crippen LogP contribution in [0.15, 0.2) is 48.8 Å². The summed E-state index contributed by atoms with van der Waals surface area (Å²) in [5.41, 5.74) is 6.65. The van der Waals surface area contributed by atoms with Crippen molar-refractivity contribution in [3.8, 4) is 21.8 Å². The van der Waals surface area contributed by atoms with Crippen molar-refractivity contribution >= 4 is 28.2 Å². The average Bonchev–Trinajstić information content (AvgIpc) is 3.57. The molecule has 2 N–H and O–H groups in total. The van der Waals surface area contributed by atoms with Gasteiger partial charge in [-0.3, -0.25) is 0 Å². The molecule has 0 spiro atoms. The highest BCUT2D eigenvalue weighted by atomic mass is 32.1. The number of aryl methyl sites for hydroxylation is 3. The molecule has 0 aliphatic carbocycles. The quantitative estimate of drug-likeness (QED) is 0.321. The van der Waals surface area contributed by atoms with E-state index in [1.165, 1.54) is 21.0 Å². The van der Waals surface area contributed by atoms with Crippen molar-refractivity contribution in [2.24, 2.45) is 0 Å². The van der Waals surface area contributed by atoms with Crippen LogP contribution in [0, 0.1) is 20.8 Å². The van der Waals surface area contributed by atoms with Crippen molar-refractivity contribution in [1.29, 1.82) is 0 Å². The number of anilines is 1. The molecular weight excluding hydrogens is 440 g/mol. The van der Waals surface area contributed by atoms with Gasteiger partial charge in [-0.05, 0) is 57.4 Å². The van der Waals surface area contributed by atoms with Crippen molar-refractivity contribution < 1.29 is 0 Å². The van der Waals surface area contributed by atoms with E-state index in [1.54, 1.807) is 6.33 Å². The molecule has 7 heteroatoms. The highest BCUT2D eigenvalue weighted by molar-refractivity contribution is 7.15. The lowest BCUT2D eigenvalue weighted by atomic mass is 9.96. The number of H-pyrrole nitrogens is 2. The zero-order chi connectivity index (χ0) is 23.2. The van der Waals surface area contributed by atoms with Crippen LogP contribution in [0.4, 0.5) is 5.82 Å². The van der Waals surface area contributed by atoms with E-state index in [4.69, 9.17) is 4.98 Å². The summed E-state index contributed by atoms with van der Waals surface area (Å²) in [4.78, 5) is 26.2. The summed E-state index contributed by atoms with van der Waals surface area (Å²) in [5, 5.41) is 1.08. The van der Waals surface area contributed by atoms with Crippen LogP contribution in [0.3, 0.4) is 0 Å². The lowest BCUT2D eigenvalue weighted by Crippen LogP contribution is -2.33. The maximum absolute atomic E-state index is 4.91. The SMILES string of the molecule is Cc1ccc(-c2cc3c(N4CCC(c5nc(C)c(-c6ccc(C)s6)[nH]5)CC4)ncnc3[nH]2)cc1. The number of hydrogen-bond acceptors (Lipinski definition) is 5. The summed E-state index contributed by atoms with van der Waals surface area (Å²) in [6, 6.07) is 15.1. The summed E-state index contributed by atoms with van der Waals surface area (Å²) in [5.74, 6) is 2.58. The summed E-state index contributed by atoms with van der Waals surface area (Å²) in [6.07, 6.45) is 3.78. The molecule has 172 valence electrons. The van der Waals surface area contributed by atoms with Crippen LogP contribution in [0.25, 0.3) is 32.9 Å². The predicted molar refractivity (Wildman–Crippen MR) is 140 cm³/mol. The molecule has 1 saturated heterocycles. The van der Waals surface area contributed by atoms with Gasteiger partial charge in [-0.2, -0.15) is 0 Å². The highest BCUT2D eigenvalue weighted by Crippen LogP contribution is 2.35. The lowest BCUT2D eigenvalue weighted by Gasteiger charge is -2.32. The van der Waals surface area contributed by atoms with Gasteiger partial charge in [0.15, 0.2) is 0 Å². The monoisotopic (exact) mass is 468 g/mol. The molecule has 0 bridgehead atoms. The van der Waals surface area contributed by atoms with E-state index in [-0.39, 0.29) is 0 Å². The average molecular weight is 469 g/mol. The van der Waals surface area contributed by atoms with Crippen LogP contribution in [0.1, 0.15) is 40.7 Å². The van der Waals surface area contributed by atoms with E-state index in [2.05, 4.69) is 88.1 Å². The van der Waals surface area contributed by atoms with E-state index in [0.717, 1.165) is 65.6 Å². The minimum absolute atomic E-state index is 0.441. The number of nitrogens with zero attached hydrogens (tertiary/aromatic N) is 4. The Hall–Kier alpha value is -3.45. The molecule has 34 heavy (non-hydrogen) atoms. The molecule has 6 nitrogen and oxygen atoms in total. The van der Waals surface area contributed by atoms with Crippen LogP contribution < -0.4 is 4.90 Å². The number of imidazole rings is 1. The van der Waals surface area contributed by atoms with Gasteiger partial charge in [0.1, 0.15) is 23.6 Å². The Labute approximate surface area is 203 Å². The fraction of sp³-hybridized carbons (Fsp3) is 0.296. The molecule has 0 atom stereocenters. The van der Waals surface area contributed by atoms with E-state index < -0.39 is 0 Å². The van der Waals surface area contributed by atoms with Gasteiger partial charge in [-0.15, -0.1) is 11.3 Å². The van der Waals surface area contributed by atoms with Crippen molar-refractivity contribution in [1.82, 2.24) is 24.9 Å². The number of aromatic amines is 2. The maximum atomic E-state index is 4.91. The smallest absolute Gasteiger partial charge is 0.143 e. The number of thiophene rings is 1. The van der Waals surface area contributed by atoms with Crippen molar-refractivity contribution in [2.45, 2.75) is 39.5 Å². The van der Waals surface area contributed by atoms with Crippen LogP contribution >= 0.6 is 11.3 Å². The molecule has 4 aromatic heterocycles. The van der Waals surface area contributed by atoms with Gasteiger partial charge in [-0.25, -0.2) is 15.0 Å². The van der Waals surface area contributed by atoms with Gasteiger partial charge in [0.2, 0.25) is 0 Å². The minimum atomic E-state index is 0.441. The third-order valence-electron chi connectivity index (χ3n) is 6.84. The maximum Gasteiger partial charge on any atom is 0.143 e. The second-order valence-corrected chi connectivity index (χ2v) is 10.6. The zero-order valence-electron chi connectivity index (χ0n) is 19.7. The molecule has 5 aromatic rings. The van der Waals surface area contributed by atoms with Crippen LogP contribution in [-0.2, 0) is 0 Å². The highest BCUT2D eigenvalue weighted by Gasteiger charge is 2.26. The first-order valence-corrected chi connectivity index (χ1v) is 12.7. The molecule has 0 radical (unpaired) electrons. The van der Waals surface area contributed by atoms with Crippen molar-refractivity contribution in [2.75, 3.05) is 18.0 Å². The number of nitrogens with one attached hydrogen (secondary N) is 2. The number of fused-ring (bicyclic) bond motifs is 1. The summed E-state index contributed by atoms with van der Waals surface area (Å²) in [7, 11) is 0. The van der Waals surface area contributed by atoms with Crippen LogP contribution in [0.2, 0.25) is 0 Å². The number of benzene rings is 1. The normalized spacial score (nSPS) is 14.9. The first-order valence-electron chi connectivity index (χ1n) is 11.8. The Morgan fingerprint density at radius 3 is 2.47 bits per heavy atom. The van der Waals surface area contributed by atoms with E-state index in [1.807, 2.05) is 11.3 Å². The first kappa shape index (κ1) is 21.1. The van der Waals surface area contributed by atoms with E-state index in [0.29, 0.717) is 5.92 Å². The molecular formula is C27H28N6S. The first-order chi connectivity index (χ1) is 16.5. The Morgan fingerprint density at radius 1 is 0.941 bits per heavy atom. The third-order valence-corrected chi connectivity index (χ3v) is 7.86. The Kier molecular flexibility index (Phi) is 5.21. The summed E-state index contributed by atoms with van der Waals surface area (Å²) < 4.78 is 0. The number of hydrogen-bond donors (Lipinski definition) is 2. The summed E-state index contributed by atoms with van der Waals surface area (Å²) >= 11 is 1.82. The molecule has 0 unspecified atom stereocenters. The standard InChI is InChI=1S/C27H28N6S/c1-16-4-7-19(8-5-16)22-14-21-26(31-22)28-15-29-27(21)33-12-10-20(11-13-33)25-30-18(3)24(32-25)23-9-6-17(2)34-23/h4-9,14-15,20H,10-13H2,1-3H3,(H,30,32)(H,28,29,31). The molecule has 6 rings (SSSR count). The number of rotatable bonds is 4. The Balaban J connectivity index is 1.22. The molecule has 5 heterocycles. The van der Waals surface area contributed by atoms with Gasteiger partial charge in [0.05, 0.1) is 21.7 Å². The number of aromatic nitrogens is 5. The zero-order valence-corrected chi connectivity index (χ0v) is 20.5. The van der Waals surface area contributed by atoms with Crippen molar-refractivity contribution in [3.05, 3.63) is 70.8 Å². The van der Waals surface area contributed by atoms with Gasteiger partial charge in [0, 0.05) is 29.6 Å². The fourth-order valence-electron chi connectivity index (χ4n) is 4.92. The Morgan fingerprint density at radius 2 is 1.74 bits per heavy atom. The molecule has 1 aromatic carbocycles. The van der Waals surface area contributed by atoms with Crippen molar-refractivity contribution in [3.63, 3.8) is 0 Å². The van der Waals surface area contributed by atoms with E-state index in [9.17, 15) is 0 Å². The van der Waals surface area contributed by atoms with Gasteiger partial charge < -0.3 is 14.9 Å². The van der Waals surface area contributed by atoms with Crippen LogP contribution in [-0.4, -0.2) is 38.0 Å². The van der Waals surface area contributed by atoms with Crippen LogP contribution in [0.5, 0.6) is 0 Å². The molecule has 0 amide bonds. The number of piperidine rings is 1. The fourth-order valence-corrected chi connectivity index (χ4v) is 5.84. The second kappa shape index (κ2) is 8.40. The predicted octanol–water partition coefficient (Wildman–Crippen LogP) is 6.39. The second-order valence-electron chi connectivity index (χ2n) is 9.26. The Bertz CT molecular complexity index is 1450. The largest absolute Gasteiger partial charge is 0.356 e.